The van der Waals surface area contributed by atoms with E-state index in [9.17, 15) is 13.9 Å². The molecule has 0 aliphatic carbocycles. The molecule has 2 heterocycles. The summed E-state index contributed by atoms with van der Waals surface area (Å²) in [7, 11) is 1.89. The van der Waals surface area contributed by atoms with E-state index < -0.39 is 17.7 Å². The standard InChI is InChI=1S/C15H18F2N4O/c1-20-9-18-19-15(20)13-3-2-6-21(13)8-14(22)10-4-5-11(16)12(17)7-10/h4-5,7,9,13-14,22H,2-3,6,8H2,1H3. The first-order valence-corrected chi connectivity index (χ1v) is 7.27. The first kappa shape index (κ1) is 15.1. The van der Waals surface area contributed by atoms with Gasteiger partial charge in [0.2, 0.25) is 0 Å². The molecule has 1 aromatic carbocycles. The van der Waals surface area contributed by atoms with Crippen molar-refractivity contribution in [2.75, 3.05) is 13.1 Å². The highest BCUT2D eigenvalue weighted by Gasteiger charge is 2.31. The number of aliphatic hydroxyl groups is 1. The van der Waals surface area contributed by atoms with E-state index in [0.717, 1.165) is 37.3 Å². The minimum Gasteiger partial charge on any atom is -0.387 e. The Kier molecular flexibility index (Phi) is 4.17. The predicted octanol–water partition coefficient (Wildman–Crippen LogP) is 1.96. The maximum Gasteiger partial charge on any atom is 0.159 e. The highest BCUT2D eigenvalue weighted by atomic mass is 19.2. The molecule has 1 aromatic heterocycles. The second kappa shape index (κ2) is 6.10. The van der Waals surface area contributed by atoms with Crippen molar-refractivity contribution in [2.24, 2.45) is 7.05 Å². The van der Waals surface area contributed by atoms with Crippen LogP contribution in [-0.4, -0.2) is 37.9 Å². The highest BCUT2D eigenvalue weighted by molar-refractivity contribution is 5.20. The number of hydrogen-bond donors (Lipinski definition) is 1. The van der Waals surface area contributed by atoms with Crippen LogP contribution in [0.5, 0.6) is 0 Å². The van der Waals surface area contributed by atoms with Crippen LogP contribution in [0.25, 0.3) is 0 Å². The summed E-state index contributed by atoms with van der Waals surface area (Å²) in [6, 6.07) is 3.59. The molecule has 0 spiro atoms. The number of rotatable bonds is 4. The van der Waals surface area contributed by atoms with Gasteiger partial charge in [0.1, 0.15) is 12.2 Å². The van der Waals surface area contributed by atoms with Crippen molar-refractivity contribution in [3.05, 3.63) is 47.5 Å². The summed E-state index contributed by atoms with van der Waals surface area (Å²) in [6.45, 7) is 1.18. The fourth-order valence-electron chi connectivity index (χ4n) is 2.98. The first-order valence-electron chi connectivity index (χ1n) is 7.27. The molecule has 2 unspecified atom stereocenters. The van der Waals surface area contributed by atoms with Crippen LogP contribution in [0.2, 0.25) is 0 Å². The zero-order valence-electron chi connectivity index (χ0n) is 12.3. The molecule has 118 valence electrons. The second-order valence-electron chi connectivity index (χ2n) is 5.64. The molecule has 5 nitrogen and oxygen atoms in total. The van der Waals surface area contributed by atoms with Crippen LogP contribution in [0.3, 0.4) is 0 Å². The zero-order chi connectivity index (χ0) is 15.7. The van der Waals surface area contributed by atoms with Gasteiger partial charge in [-0.15, -0.1) is 10.2 Å². The Morgan fingerprint density at radius 1 is 1.36 bits per heavy atom. The molecule has 0 bridgehead atoms. The Labute approximate surface area is 127 Å². The third-order valence-corrected chi connectivity index (χ3v) is 4.14. The Balaban J connectivity index is 1.74. The van der Waals surface area contributed by atoms with E-state index in [1.165, 1.54) is 6.07 Å². The molecule has 7 heteroatoms. The number of aliphatic hydroxyl groups excluding tert-OH is 1. The third-order valence-electron chi connectivity index (χ3n) is 4.14. The number of halogens is 2. The lowest BCUT2D eigenvalue weighted by Crippen LogP contribution is -2.29. The van der Waals surface area contributed by atoms with Crippen LogP contribution in [0.15, 0.2) is 24.5 Å². The SMILES string of the molecule is Cn1cnnc1C1CCCN1CC(O)c1ccc(F)c(F)c1. The highest BCUT2D eigenvalue weighted by Crippen LogP contribution is 2.32. The summed E-state index contributed by atoms with van der Waals surface area (Å²) in [4.78, 5) is 2.11. The lowest BCUT2D eigenvalue weighted by Gasteiger charge is -2.26. The number of β-amino-alcohol motifs (C(OH)–C–C–N with tert-alkyl or cyclic N) is 1. The minimum atomic E-state index is -0.942. The van der Waals surface area contributed by atoms with E-state index in [-0.39, 0.29) is 6.04 Å². The number of hydrogen-bond acceptors (Lipinski definition) is 4. The van der Waals surface area contributed by atoms with E-state index in [2.05, 4.69) is 15.1 Å². The average Bonchev–Trinajstić information content (AvgIpc) is 3.10. The molecule has 1 fully saturated rings. The summed E-state index contributed by atoms with van der Waals surface area (Å²) < 4.78 is 28.1. The van der Waals surface area contributed by atoms with Crippen LogP contribution in [0.1, 0.15) is 36.4 Å². The van der Waals surface area contributed by atoms with Crippen LogP contribution in [0.4, 0.5) is 8.78 Å². The molecule has 2 atom stereocenters. The van der Waals surface area contributed by atoms with E-state index in [1.807, 2.05) is 11.6 Å². The average molecular weight is 308 g/mol. The third kappa shape index (κ3) is 2.86. The van der Waals surface area contributed by atoms with Crippen LogP contribution < -0.4 is 0 Å². The summed E-state index contributed by atoms with van der Waals surface area (Å²) in [6.07, 6.45) is 2.72. The monoisotopic (exact) mass is 308 g/mol. The molecule has 1 aliphatic rings. The van der Waals surface area contributed by atoms with E-state index in [4.69, 9.17) is 0 Å². The van der Waals surface area contributed by atoms with Gasteiger partial charge in [-0.05, 0) is 37.1 Å². The van der Waals surface area contributed by atoms with Gasteiger partial charge in [-0.25, -0.2) is 8.78 Å². The maximum atomic E-state index is 13.3. The van der Waals surface area contributed by atoms with E-state index in [0.29, 0.717) is 12.1 Å². The van der Waals surface area contributed by atoms with Gasteiger partial charge >= 0.3 is 0 Å². The molecule has 22 heavy (non-hydrogen) atoms. The van der Waals surface area contributed by atoms with Gasteiger partial charge in [0.05, 0.1) is 12.1 Å². The van der Waals surface area contributed by atoms with Crippen molar-refractivity contribution in [2.45, 2.75) is 25.0 Å². The van der Waals surface area contributed by atoms with Crippen molar-refractivity contribution >= 4 is 0 Å². The van der Waals surface area contributed by atoms with Crippen molar-refractivity contribution in [3.63, 3.8) is 0 Å². The Morgan fingerprint density at radius 2 is 2.18 bits per heavy atom. The number of nitrogens with zero attached hydrogens (tertiary/aromatic N) is 4. The minimum absolute atomic E-state index is 0.0902. The van der Waals surface area contributed by atoms with Gasteiger partial charge in [-0.3, -0.25) is 4.90 Å². The second-order valence-corrected chi connectivity index (χ2v) is 5.64. The van der Waals surface area contributed by atoms with Crippen LogP contribution >= 0.6 is 0 Å². The fourth-order valence-corrected chi connectivity index (χ4v) is 2.98. The first-order chi connectivity index (χ1) is 10.6. The number of benzene rings is 1. The fraction of sp³-hybridized carbons (Fsp3) is 0.467. The number of aryl methyl sites for hydroxylation is 1. The molecule has 1 N–H and O–H groups in total. The Morgan fingerprint density at radius 3 is 2.86 bits per heavy atom. The largest absolute Gasteiger partial charge is 0.387 e. The quantitative estimate of drug-likeness (QED) is 0.938. The molecule has 2 aromatic rings. The van der Waals surface area contributed by atoms with Gasteiger partial charge in [-0.1, -0.05) is 6.07 Å². The Bertz CT molecular complexity index is 661. The topological polar surface area (TPSA) is 54.2 Å². The van der Waals surface area contributed by atoms with Crippen molar-refractivity contribution < 1.29 is 13.9 Å². The predicted molar refractivity (Wildman–Crippen MR) is 75.9 cm³/mol. The van der Waals surface area contributed by atoms with Crippen LogP contribution in [-0.2, 0) is 7.05 Å². The molecule has 0 saturated carbocycles. The van der Waals surface area contributed by atoms with Crippen molar-refractivity contribution in [1.82, 2.24) is 19.7 Å². The number of aromatic nitrogens is 3. The molecule has 1 saturated heterocycles. The van der Waals surface area contributed by atoms with Crippen molar-refractivity contribution in [3.8, 4) is 0 Å². The number of likely N-dealkylation sites (tertiary alicyclic amines) is 1. The van der Waals surface area contributed by atoms with Crippen molar-refractivity contribution in [1.29, 1.82) is 0 Å². The molecule has 0 amide bonds. The van der Waals surface area contributed by atoms with Gasteiger partial charge < -0.3 is 9.67 Å². The van der Waals surface area contributed by atoms with Gasteiger partial charge in [0.15, 0.2) is 11.6 Å². The Hall–Kier alpha value is -1.86. The van der Waals surface area contributed by atoms with Gasteiger partial charge in [-0.2, -0.15) is 0 Å². The summed E-state index contributed by atoms with van der Waals surface area (Å²) in [5.41, 5.74) is 0.377. The lowest BCUT2D eigenvalue weighted by molar-refractivity contribution is 0.103. The molecule has 3 rings (SSSR count). The summed E-state index contributed by atoms with van der Waals surface area (Å²) >= 11 is 0. The van der Waals surface area contributed by atoms with Gasteiger partial charge in [0, 0.05) is 13.6 Å². The lowest BCUT2D eigenvalue weighted by atomic mass is 10.1. The molecule has 0 radical (unpaired) electrons. The molecular weight excluding hydrogens is 290 g/mol. The molecule has 1 aliphatic heterocycles. The van der Waals surface area contributed by atoms with E-state index >= 15 is 0 Å². The summed E-state index contributed by atoms with van der Waals surface area (Å²) in [5, 5.41) is 18.3. The zero-order valence-corrected chi connectivity index (χ0v) is 12.3. The summed E-state index contributed by atoms with van der Waals surface area (Å²) in [5.74, 6) is -0.994. The van der Waals surface area contributed by atoms with Crippen LogP contribution in [0, 0.1) is 11.6 Å². The van der Waals surface area contributed by atoms with Gasteiger partial charge in [0.25, 0.3) is 0 Å². The maximum absolute atomic E-state index is 13.3. The van der Waals surface area contributed by atoms with E-state index in [1.54, 1.807) is 6.33 Å². The molecular formula is C15H18F2N4O. The smallest absolute Gasteiger partial charge is 0.159 e. The normalized spacial score (nSPS) is 20.5.